The summed E-state index contributed by atoms with van der Waals surface area (Å²) < 4.78 is 68.4. The molecule has 17 nitrogen and oxygen atoms in total. The maximum Gasteiger partial charge on any atom is 0.472 e. The zero-order chi connectivity index (χ0) is 70.3. The standard InChI is InChI=1S/C76H148O17P2/c1-9-69(8)55-47-39-30-24-20-16-14-12-10-11-13-15-17-21-25-31-40-48-56-73(78)86-62-71(92-75(80)58-50-42-32-26-22-18-19-23-28-36-44-52-66(2)3)64-90-94(82,83)88-60-70(77)61-89-95(84,85)91-65-72(63-87-74(79)57-49-41-35-34-38-46-54-68(6)7)93-76(81)59-51-43-33-27-29-37-45-53-67(4)5/h66-72,77H,9-65H2,1-8H3,(H,82,83)(H,84,85)/t69?,70-,71-,72-/m1/s1. The second kappa shape index (κ2) is 65.4. The van der Waals surface area contributed by atoms with Gasteiger partial charge in [-0.05, 0) is 49.4 Å². The number of esters is 4. The van der Waals surface area contributed by atoms with Crippen molar-refractivity contribution in [2.24, 2.45) is 23.7 Å². The second-order valence-corrected chi connectivity index (χ2v) is 32.0. The predicted molar refractivity (Wildman–Crippen MR) is 386 cm³/mol. The van der Waals surface area contributed by atoms with Crippen LogP contribution < -0.4 is 0 Å². The highest BCUT2D eigenvalue weighted by atomic mass is 31.2. The summed E-state index contributed by atoms with van der Waals surface area (Å²) in [6.45, 7) is 14.1. The molecule has 0 heterocycles. The van der Waals surface area contributed by atoms with Crippen molar-refractivity contribution in [1.82, 2.24) is 0 Å². The van der Waals surface area contributed by atoms with E-state index in [2.05, 4.69) is 55.4 Å². The number of hydrogen-bond acceptors (Lipinski definition) is 15. The molecule has 0 aromatic rings. The van der Waals surface area contributed by atoms with E-state index in [1.165, 1.54) is 180 Å². The summed E-state index contributed by atoms with van der Waals surface area (Å²) in [5.74, 6) is 0.888. The molecule has 0 amide bonds. The normalized spacial score (nSPS) is 14.4. The highest BCUT2D eigenvalue weighted by Crippen LogP contribution is 2.45. The van der Waals surface area contributed by atoms with E-state index in [-0.39, 0.29) is 25.7 Å². The fourth-order valence-corrected chi connectivity index (χ4v) is 13.1. The molecular weight excluding hydrogens is 1250 g/mol. The molecule has 0 aliphatic rings. The Hall–Kier alpha value is -1.94. The molecule has 3 unspecified atom stereocenters. The molecule has 0 saturated heterocycles. The summed E-state index contributed by atoms with van der Waals surface area (Å²) in [6, 6.07) is 0. The summed E-state index contributed by atoms with van der Waals surface area (Å²) in [5, 5.41) is 10.6. The van der Waals surface area contributed by atoms with Crippen molar-refractivity contribution in [3.05, 3.63) is 0 Å². The Morgan fingerprint density at radius 3 is 0.747 bits per heavy atom. The number of hydrogen-bond donors (Lipinski definition) is 3. The van der Waals surface area contributed by atoms with E-state index in [0.717, 1.165) is 108 Å². The van der Waals surface area contributed by atoms with Crippen molar-refractivity contribution in [3.8, 4) is 0 Å². The number of phosphoric ester groups is 2. The number of rotatable bonds is 73. The van der Waals surface area contributed by atoms with Crippen molar-refractivity contribution in [2.45, 2.75) is 401 Å². The third-order valence-electron chi connectivity index (χ3n) is 17.9. The summed E-state index contributed by atoms with van der Waals surface area (Å²) in [6.07, 6.45) is 50.4. The van der Waals surface area contributed by atoms with Crippen molar-refractivity contribution in [2.75, 3.05) is 39.6 Å². The van der Waals surface area contributed by atoms with E-state index < -0.39 is 97.5 Å². The zero-order valence-corrected chi connectivity index (χ0v) is 64.1. The van der Waals surface area contributed by atoms with Crippen LogP contribution in [-0.4, -0.2) is 96.7 Å². The molecular formula is C76H148O17P2. The van der Waals surface area contributed by atoms with Gasteiger partial charge in [-0.25, -0.2) is 9.13 Å². The quantitative estimate of drug-likeness (QED) is 0.0222. The van der Waals surface area contributed by atoms with Gasteiger partial charge in [-0.1, -0.05) is 331 Å². The number of unbranched alkanes of at least 4 members (excludes halogenated alkanes) is 38. The molecule has 0 saturated carbocycles. The Balaban J connectivity index is 5.15. The van der Waals surface area contributed by atoms with E-state index in [9.17, 15) is 43.2 Å². The van der Waals surface area contributed by atoms with Gasteiger partial charge in [0, 0.05) is 25.7 Å². The van der Waals surface area contributed by atoms with E-state index >= 15 is 0 Å². The molecule has 0 fully saturated rings. The lowest BCUT2D eigenvalue weighted by Gasteiger charge is -2.21. The number of ether oxygens (including phenoxy) is 4. The molecule has 19 heteroatoms. The summed E-state index contributed by atoms with van der Waals surface area (Å²) in [4.78, 5) is 72.7. The van der Waals surface area contributed by atoms with E-state index in [1.54, 1.807) is 0 Å². The summed E-state index contributed by atoms with van der Waals surface area (Å²) >= 11 is 0. The van der Waals surface area contributed by atoms with Gasteiger partial charge < -0.3 is 33.8 Å². The Labute approximate surface area is 581 Å². The molecule has 0 spiro atoms. The third-order valence-corrected chi connectivity index (χ3v) is 19.8. The van der Waals surface area contributed by atoms with Crippen LogP contribution in [0.15, 0.2) is 0 Å². The Bertz CT molecular complexity index is 1870. The van der Waals surface area contributed by atoms with Gasteiger partial charge in [0.2, 0.25) is 0 Å². The third kappa shape index (κ3) is 69.0. The number of aliphatic hydroxyl groups is 1. The van der Waals surface area contributed by atoms with Crippen LogP contribution in [0.2, 0.25) is 0 Å². The van der Waals surface area contributed by atoms with Crippen molar-refractivity contribution >= 4 is 39.5 Å². The first kappa shape index (κ1) is 93.1. The maximum atomic E-state index is 13.1. The van der Waals surface area contributed by atoms with Gasteiger partial charge in [0.1, 0.15) is 19.3 Å². The van der Waals surface area contributed by atoms with Crippen LogP contribution in [-0.2, 0) is 65.4 Å². The Kier molecular flexibility index (Phi) is 64.0. The smallest absolute Gasteiger partial charge is 0.462 e. The van der Waals surface area contributed by atoms with Gasteiger partial charge in [0.15, 0.2) is 12.2 Å². The van der Waals surface area contributed by atoms with Crippen LogP contribution in [0.5, 0.6) is 0 Å². The molecule has 0 aliphatic heterocycles. The van der Waals surface area contributed by atoms with Gasteiger partial charge >= 0.3 is 39.5 Å². The number of phosphoric acid groups is 2. The van der Waals surface area contributed by atoms with E-state index in [4.69, 9.17) is 37.0 Å². The van der Waals surface area contributed by atoms with Crippen LogP contribution in [0.3, 0.4) is 0 Å². The fraction of sp³-hybridized carbons (Fsp3) is 0.947. The van der Waals surface area contributed by atoms with Crippen molar-refractivity contribution in [1.29, 1.82) is 0 Å². The highest BCUT2D eigenvalue weighted by molar-refractivity contribution is 7.47. The first-order valence-corrected chi connectivity index (χ1v) is 42.2. The zero-order valence-electron chi connectivity index (χ0n) is 62.3. The topological polar surface area (TPSA) is 237 Å². The SMILES string of the molecule is CCC(C)CCCCCCCCCCCCCCCCCCCCC(=O)OC[C@H](COP(=O)(O)OC[C@@H](O)COP(=O)(O)OC[C@@H](COC(=O)CCCCCCCCC(C)C)OC(=O)CCCCCCCCCC(C)C)OC(=O)CCCCCCCCCCCCCC(C)C. The molecule has 3 N–H and O–H groups in total. The second-order valence-electron chi connectivity index (χ2n) is 29.1. The molecule has 0 rings (SSSR count). The average Bonchev–Trinajstić information content (AvgIpc) is 3.01. The van der Waals surface area contributed by atoms with Crippen LogP contribution in [0, 0.1) is 23.7 Å². The highest BCUT2D eigenvalue weighted by Gasteiger charge is 2.30. The first-order chi connectivity index (χ1) is 45.6. The number of carbonyl (C=O) groups is 4. The Morgan fingerprint density at radius 1 is 0.295 bits per heavy atom. The summed E-state index contributed by atoms with van der Waals surface area (Å²) in [5.41, 5.74) is 0. The van der Waals surface area contributed by atoms with Gasteiger partial charge in [-0.15, -0.1) is 0 Å². The largest absolute Gasteiger partial charge is 0.472 e. The number of aliphatic hydroxyl groups excluding tert-OH is 1. The minimum absolute atomic E-state index is 0.102. The van der Waals surface area contributed by atoms with Gasteiger partial charge in [-0.2, -0.15) is 0 Å². The van der Waals surface area contributed by atoms with Crippen molar-refractivity contribution < 1.29 is 80.2 Å². The minimum atomic E-state index is -4.96. The maximum absolute atomic E-state index is 13.1. The molecule has 0 aromatic carbocycles. The lowest BCUT2D eigenvalue weighted by Crippen LogP contribution is -2.30. The molecule has 6 atom stereocenters. The predicted octanol–water partition coefficient (Wildman–Crippen LogP) is 22.0. The first-order valence-electron chi connectivity index (χ1n) is 39.2. The van der Waals surface area contributed by atoms with Gasteiger partial charge in [0.25, 0.3) is 0 Å². The molecule has 0 radical (unpaired) electrons. The molecule has 564 valence electrons. The monoisotopic (exact) mass is 1400 g/mol. The van der Waals surface area contributed by atoms with Crippen molar-refractivity contribution in [3.63, 3.8) is 0 Å². The van der Waals surface area contributed by atoms with Gasteiger partial charge in [0.05, 0.1) is 26.4 Å². The van der Waals surface area contributed by atoms with Crippen LogP contribution in [0.4, 0.5) is 0 Å². The number of carbonyl (C=O) groups excluding carboxylic acids is 4. The lowest BCUT2D eigenvalue weighted by atomic mass is 9.99. The lowest BCUT2D eigenvalue weighted by molar-refractivity contribution is -0.161. The van der Waals surface area contributed by atoms with Crippen LogP contribution in [0.1, 0.15) is 383 Å². The minimum Gasteiger partial charge on any atom is -0.462 e. The summed E-state index contributed by atoms with van der Waals surface area (Å²) in [7, 11) is -9.91. The average molecular weight is 1400 g/mol. The van der Waals surface area contributed by atoms with Crippen LogP contribution >= 0.6 is 15.6 Å². The fourth-order valence-electron chi connectivity index (χ4n) is 11.5. The molecule has 0 aliphatic carbocycles. The molecule has 95 heavy (non-hydrogen) atoms. The van der Waals surface area contributed by atoms with Crippen LogP contribution in [0.25, 0.3) is 0 Å². The molecule has 0 bridgehead atoms. The Morgan fingerprint density at radius 2 is 0.505 bits per heavy atom. The van der Waals surface area contributed by atoms with E-state index in [0.29, 0.717) is 37.5 Å². The van der Waals surface area contributed by atoms with E-state index in [1.807, 2.05) is 0 Å². The molecule has 0 aromatic heterocycles. The van der Waals surface area contributed by atoms with Gasteiger partial charge in [-0.3, -0.25) is 37.3 Å².